The number of carboxylic acid groups (broad SMARTS) is 1. The Hall–Kier alpha value is -1.57. The fourth-order valence-electron chi connectivity index (χ4n) is 2.62. The van der Waals surface area contributed by atoms with E-state index in [1.165, 1.54) is 11.1 Å². The van der Waals surface area contributed by atoms with Gasteiger partial charge >= 0.3 is 5.97 Å². The summed E-state index contributed by atoms with van der Waals surface area (Å²) in [7, 11) is 0. The predicted molar refractivity (Wildman–Crippen MR) is 63.3 cm³/mol. The smallest absolute Gasteiger partial charge is 0.310 e. The zero-order valence-corrected chi connectivity index (χ0v) is 9.49. The third-order valence-electron chi connectivity index (χ3n) is 3.27. The van der Waals surface area contributed by atoms with Crippen molar-refractivity contribution in [3.05, 3.63) is 47.5 Å². The average Bonchev–Trinajstić information content (AvgIpc) is 2.55. The summed E-state index contributed by atoms with van der Waals surface area (Å²) in [4.78, 5) is 11.5. The lowest BCUT2D eigenvalue weighted by atomic mass is 9.79. The van der Waals surface area contributed by atoms with Gasteiger partial charge in [-0.25, -0.2) is 0 Å². The molecule has 0 amide bonds. The van der Waals surface area contributed by atoms with Gasteiger partial charge in [-0.2, -0.15) is 0 Å². The molecule has 0 radical (unpaired) electrons. The van der Waals surface area contributed by atoms with Crippen LogP contribution >= 0.6 is 0 Å². The van der Waals surface area contributed by atoms with Crippen molar-refractivity contribution < 1.29 is 9.90 Å². The minimum absolute atomic E-state index is 0.566. The maximum absolute atomic E-state index is 11.5. The highest BCUT2D eigenvalue weighted by molar-refractivity contribution is 5.77. The first-order valence-corrected chi connectivity index (χ1v) is 5.48. The number of rotatable bonds is 3. The molecule has 0 aromatic heterocycles. The van der Waals surface area contributed by atoms with Gasteiger partial charge in [-0.1, -0.05) is 29.8 Å². The molecular weight excluding hydrogens is 200 g/mol. The van der Waals surface area contributed by atoms with E-state index in [0.717, 1.165) is 5.57 Å². The average molecular weight is 216 g/mol. The van der Waals surface area contributed by atoms with Gasteiger partial charge < -0.3 is 5.11 Å². The van der Waals surface area contributed by atoms with E-state index in [1.54, 1.807) is 0 Å². The molecule has 0 spiro atoms. The van der Waals surface area contributed by atoms with Crippen molar-refractivity contribution in [3.8, 4) is 0 Å². The van der Waals surface area contributed by atoms with Crippen LogP contribution in [0, 0.1) is 5.41 Å². The summed E-state index contributed by atoms with van der Waals surface area (Å²) >= 11 is 0. The molecule has 2 nitrogen and oxygen atoms in total. The summed E-state index contributed by atoms with van der Waals surface area (Å²) in [5.41, 5.74) is 2.63. The number of hydrogen-bond acceptors (Lipinski definition) is 1. The SMILES string of the molecule is C=C(C)CC1(C(=O)O)Cc2ccccc2C1. The van der Waals surface area contributed by atoms with Gasteiger partial charge in [0.15, 0.2) is 0 Å². The molecule has 0 fully saturated rings. The van der Waals surface area contributed by atoms with Crippen LogP contribution in [-0.2, 0) is 17.6 Å². The number of allylic oxidation sites excluding steroid dienone is 1. The van der Waals surface area contributed by atoms with Gasteiger partial charge in [-0.3, -0.25) is 4.79 Å². The standard InChI is InChI=1S/C14H16O2/c1-10(2)7-14(13(15)16)8-11-5-3-4-6-12(11)9-14/h3-6H,1,7-9H2,2H3,(H,15,16). The van der Waals surface area contributed by atoms with Gasteiger partial charge in [0.1, 0.15) is 0 Å². The van der Waals surface area contributed by atoms with Gasteiger partial charge in [-0.05, 0) is 37.3 Å². The normalized spacial score (nSPS) is 16.8. The Kier molecular flexibility index (Phi) is 2.58. The summed E-state index contributed by atoms with van der Waals surface area (Å²) in [5.74, 6) is -0.702. The highest BCUT2D eigenvalue weighted by Crippen LogP contribution is 2.41. The monoisotopic (exact) mass is 216 g/mol. The molecule has 2 rings (SSSR count). The fourth-order valence-corrected chi connectivity index (χ4v) is 2.62. The second-order valence-electron chi connectivity index (χ2n) is 4.84. The molecular formula is C14H16O2. The summed E-state index contributed by atoms with van der Waals surface area (Å²) in [5, 5.41) is 9.44. The Morgan fingerprint density at radius 1 is 1.38 bits per heavy atom. The Morgan fingerprint density at radius 2 is 1.88 bits per heavy atom. The largest absolute Gasteiger partial charge is 0.481 e. The van der Waals surface area contributed by atoms with Crippen molar-refractivity contribution in [3.63, 3.8) is 0 Å². The summed E-state index contributed by atoms with van der Waals surface area (Å²) in [6, 6.07) is 7.99. The molecule has 0 aliphatic heterocycles. The predicted octanol–water partition coefficient (Wildman–Crippen LogP) is 2.82. The van der Waals surface area contributed by atoms with Gasteiger partial charge in [0.2, 0.25) is 0 Å². The molecule has 0 atom stereocenters. The van der Waals surface area contributed by atoms with Crippen LogP contribution in [0.4, 0.5) is 0 Å². The van der Waals surface area contributed by atoms with Gasteiger partial charge in [-0.15, -0.1) is 6.58 Å². The molecule has 1 N–H and O–H groups in total. The third kappa shape index (κ3) is 1.75. The Bertz CT molecular complexity index is 421. The number of carbonyl (C=O) groups is 1. The van der Waals surface area contributed by atoms with E-state index in [0.29, 0.717) is 19.3 Å². The van der Waals surface area contributed by atoms with E-state index in [-0.39, 0.29) is 0 Å². The summed E-state index contributed by atoms with van der Waals surface area (Å²) in [6.45, 7) is 5.74. The van der Waals surface area contributed by atoms with Crippen LogP contribution in [0.2, 0.25) is 0 Å². The second kappa shape index (κ2) is 3.78. The minimum Gasteiger partial charge on any atom is -0.481 e. The molecule has 1 aromatic carbocycles. The van der Waals surface area contributed by atoms with Gasteiger partial charge in [0.25, 0.3) is 0 Å². The van der Waals surface area contributed by atoms with E-state index in [1.807, 2.05) is 31.2 Å². The van der Waals surface area contributed by atoms with Crippen LogP contribution in [0.3, 0.4) is 0 Å². The van der Waals surface area contributed by atoms with Gasteiger partial charge in [0.05, 0.1) is 5.41 Å². The Morgan fingerprint density at radius 3 is 2.25 bits per heavy atom. The van der Waals surface area contributed by atoms with E-state index in [2.05, 4.69) is 6.58 Å². The zero-order valence-electron chi connectivity index (χ0n) is 9.49. The molecule has 16 heavy (non-hydrogen) atoms. The molecule has 0 heterocycles. The molecule has 2 heteroatoms. The van der Waals surface area contributed by atoms with Gasteiger partial charge in [0, 0.05) is 0 Å². The number of hydrogen-bond donors (Lipinski definition) is 1. The molecule has 0 saturated heterocycles. The molecule has 1 aliphatic rings. The Balaban J connectivity index is 2.34. The van der Waals surface area contributed by atoms with Crippen molar-refractivity contribution in [2.45, 2.75) is 26.2 Å². The fraction of sp³-hybridized carbons (Fsp3) is 0.357. The van der Waals surface area contributed by atoms with Crippen molar-refractivity contribution in [1.29, 1.82) is 0 Å². The van der Waals surface area contributed by atoms with Crippen molar-refractivity contribution >= 4 is 5.97 Å². The van der Waals surface area contributed by atoms with Crippen LogP contribution in [0.5, 0.6) is 0 Å². The number of benzene rings is 1. The minimum atomic E-state index is -0.702. The first-order valence-electron chi connectivity index (χ1n) is 5.48. The quantitative estimate of drug-likeness (QED) is 0.789. The number of aliphatic carboxylic acids is 1. The van der Waals surface area contributed by atoms with Crippen LogP contribution in [-0.4, -0.2) is 11.1 Å². The van der Waals surface area contributed by atoms with Crippen molar-refractivity contribution in [2.24, 2.45) is 5.41 Å². The van der Waals surface area contributed by atoms with E-state index < -0.39 is 11.4 Å². The molecule has 0 saturated carbocycles. The number of fused-ring (bicyclic) bond motifs is 1. The topological polar surface area (TPSA) is 37.3 Å². The maximum atomic E-state index is 11.5. The lowest BCUT2D eigenvalue weighted by molar-refractivity contribution is -0.148. The molecule has 84 valence electrons. The second-order valence-corrected chi connectivity index (χ2v) is 4.84. The molecule has 1 aliphatic carbocycles. The van der Waals surface area contributed by atoms with Crippen LogP contribution in [0.25, 0.3) is 0 Å². The summed E-state index contributed by atoms with van der Waals surface area (Å²) < 4.78 is 0. The maximum Gasteiger partial charge on any atom is 0.310 e. The lowest BCUT2D eigenvalue weighted by Gasteiger charge is -2.23. The third-order valence-corrected chi connectivity index (χ3v) is 3.27. The Labute approximate surface area is 95.6 Å². The van der Waals surface area contributed by atoms with Crippen LogP contribution in [0.1, 0.15) is 24.5 Å². The number of carboxylic acids is 1. The van der Waals surface area contributed by atoms with E-state index in [9.17, 15) is 9.90 Å². The molecule has 0 unspecified atom stereocenters. The summed E-state index contributed by atoms with van der Waals surface area (Å²) in [6.07, 6.45) is 1.83. The zero-order chi connectivity index (χ0) is 11.8. The van der Waals surface area contributed by atoms with Crippen molar-refractivity contribution in [2.75, 3.05) is 0 Å². The first-order chi connectivity index (χ1) is 7.53. The highest BCUT2D eigenvalue weighted by Gasteiger charge is 2.43. The molecule has 1 aromatic rings. The van der Waals surface area contributed by atoms with E-state index in [4.69, 9.17) is 0 Å². The van der Waals surface area contributed by atoms with Crippen LogP contribution < -0.4 is 0 Å². The molecule has 0 bridgehead atoms. The van der Waals surface area contributed by atoms with Crippen LogP contribution in [0.15, 0.2) is 36.4 Å². The van der Waals surface area contributed by atoms with E-state index >= 15 is 0 Å². The highest BCUT2D eigenvalue weighted by atomic mass is 16.4. The van der Waals surface area contributed by atoms with Crippen molar-refractivity contribution in [1.82, 2.24) is 0 Å². The first kappa shape index (κ1) is 10.9. The lowest BCUT2D eigenvalue weighted by Crippen LogP contribution is -2.32.